The van der Waals surface area contributed by atoms with E-state index < -0.39 is 5.82 Å². The molecule has 0 aliphatic heterocycles. The molecule has 0 aromatic heterocycles. The van der Waals surface area contributed by atoms with Gasteiger partial charge in [0.1, 0.15) is 22.3 Å². The van der Waals surface area contributed by atoms with Gasteiger partial charge in [-0.15, -0.1) is 0 Å². The number of hydrogen-bond donors (Lipinski definition) is 1. The Kier molecular flexibility index (Phi) is 4.24. The molecule has 2 aromatic rings. The zero-order valence-corrected chi connectivity index (χ0v) is 11.8. The Morgan fingerprint density at radius 3 is 2.53 bits per heavy atom. The van der Waals surface area contributed by atoms with Crippen LogP contribution in [0.1, 0.15) is 5.56 Å². The molecular weight excluding hydrogens is 308 g/mol. The van der Waals surface area contributed by atoms with Gasteiger partial charge in [0.15, 0.2) is 0 Å². The van der Waals surface area contributed by atoms with Gasteiger partial charge in [-0.3, -0.25) is 0 Å². The second-order valence-corrected chi connectivity index (χ2v) is 4.97. The lowest BCUT2D eigenvalue weighted by molar-refractivity contribution is 0.476. The van der Waals surface area contributed by atoms with Crippen LogP contribution in [0.2, 0.25) is 10.0 Å². The van der Waals surface area contributed by atoms with Crippen LogP contribution >= 0.6 is 35.4 Å². The fourth-order valence-electron chi connectivity index (χ4n) is 1.45. The largest absolute Gasteiger partial charge is 0.456 e. The van der Waals surface area contributed by atoms with Crippen molar-refractivity contribution in [2.75, 3.05) is 0 Å². The highest BCUT2D eigenvalue weighted by molar-refractivity contribution is 7.80. The molecule has 0 fully saturated rings. The summed E-state index contributed by atoms with van der Waals surface area (Å²) in [7, 11) is 0. The molecule has 0 heterocycles. The molecule has 0 unspecified atom stereocenters. The smallest absolute Gasteiger partial charge is 0.145 e. The first-order chi connectivity index (χ1) is 8.97. The van der Waals surface area contributed by atoms with Crippen LogP contribution < -0.4 is 10.5 Å². The van der Waals surface area contributed by atoms with Crippen molar-refractivity contribution in [2.45, 2.75) is 0 Å². The molecule has 0 aliphatic carbocycles. The zero-order valence-electron chi connectivity index (χ0n) is 9.49. The Morgan fingerprint density at radius 1 is 1.16 bits per heavy atom. The number of ether oxygens (including phenoxy) is 1. The predicted molar refractivity (Wildman–Crippen MR) is 78.8 cm³/mol. The number of benzene rings is 2. The van der Waals surface area contributed by atoms with Gasteiger partial charge in [0.2, 0.25) is 0 Å². The average molecular weight is 316 g/mol. The minimum absolute atomic E-state index is 0.0213. The van der Waals surface area contributed by atoms with Crippen molar-refractivity contribution in [2.24, 2.45) is 5.73 Å². The SMILES string of the molecule is NC(=S)c1ccc(Cl)cc1Oc1ccc(Cl)c(F)c1. The molecule has 98 valence electrons. The van der Waals surface area contributed by atoms with Crippen molar-refractivity contribution in [1.82, 2.24) is 0 Å². The summed E-state index contributed by atoms with van der Waals surface area (Å²) in [5.41, 5.74) is 6.11. The molecule has 6 heteroatoms. The lowest BCUT2D eigenvalue weighted by atomic mass is 10.2. The highest BCUT2D eigenvalue weighted by Crippen LogP contribution is 2.30. The predicted octanol–water partition coefficient (Wildman–Crippen LogP) is 4.56. The Balaban J connectivity index is 2.39. The molecule has 0 saturated heterocycles. The van der Waals surface area contributed by atoms with Crippen LogP contribution in [0, 0.1) is 5.82 Å². The molecular formula is C13H8Cl2FNOS. The van der Waals surface area contributed by atoms with Gasteiger partial charge in [-0.25, -0.2) is 4.39 Å². The maximum atomic E-state index is 13.3. The molecule has 2 N–H and O–H groups in total. The third-order valence-corrected chi connectivity index (χ3v) is 3.09. The van der Waals surface area contributed by atoms with Gasteiger partial charge in [-0.05, 0) is 24.3 Å². The highest BCUT2D eigenvalue weighted by atomic mass is 35.5. The van der Waals surface area contributed by atoms with E-state index in [4.69, 9.17) is 45.9 Å². The first kappa shape index (κ1) is 14.1. The summed E-state index contributed by atoms with van der Waals surface area (Å²) in [5.74, 6) is 0.0708. The molecule has 0 radical (unpaired) electrons. The third-order valence-electron chi connectivity index (χ3n) is 2.33. The Hall–Kier alpha value is -1.36. The molecule has 0 amide bonds. The van der Waals surface area contributed by atoms with E-state index in [1.165, 1.54) is 18.2 Å². The van der Waals surface area contributed by atoms with Gasteiger partial charge in [-0.1, -0.05) is 35.4 Å². The van der Waals surface area contributed by atoms with E-state index in [2.05, 4.69) is 0 Å². The maximum absolute atomic E-state index is 13.3. The number of nitrogens with two attached hydrogens (primary N) is 1. The molecule has 0 aliphatic rings. The molecule has 0 spiro atoms. The van der Waals surface area contributed by atoms with E-state index in [1.807, 2.05) is 0 Å². The van der Waals surface area contributed by atoms with Crippen molar-refractivity contribution in [3.8, 4) is 11.5 Å². The van der Waals surface area contributed by atoms with Crippen molar-refractivity contribution >= 4 is 40.4 Å². The van der Waals surface area contributed by atoms with Gasteiger partial charge in [0, 0.05) is 17.2 Å². The number of halogens is 3. The second kappa shape index (κ2) is 5.74. The normalized spacial score (nSPS) is 10.3. The topological polar surface area (TPSA) is 35.2 Å². The van der Waals surface area contributed by atoms with E-state index in [9.17, 15) is 4.39 Å². The van der Waals surface area contributed by atoms with E-state index in [0.29, 0.717) is 16.3 Å². The summed E-state index contributed by atoms with van der Waals surface area (Å²) < 4.78 is 18.9. The van der Waals surface area contributed by atoms with Crippen LogP contribution in [0.3, 0.4) is 0 Å². The monoisotopic (exact) mass is 315 g/mol. The standard InChI is InChI=1S/C13H8Cl2FNOS/c14-7-1-3-9(13(17)19)12(5-7)18-8-2-4-10(15)11(16)6-8/h1-6H,(H2,17,19). The van der Waals surface area contributed by atoms with Crippen LogP contribution in [0.5, 0.6) is 11.5 Å². The second-order valence-electron chi connectivity index (χ2n) is 3.68. The van der Waals surface area contributed by atoms with Crippen molar-refractivity contribution < 1.29 is 9.13 Å². The van der Waals surface area contributed by atoms with Gasteiger partial charge in [0.05, 0.1) is 10.6 Å². The zero-order chi connectivity index (χ0) is 14.0. The molecule has 0 saturated carbocycles. The van der Waals surface area contributed by atoms with Crippen LogP contribution in [0.4, 0.5) is 4.39 Å². The highest BCUT2D eigenvalue weighted by Gasteiger charge is 2.10. The quantitative estimate of drug-likeness (QED) is 0.843. The van der Waals surface area contributed by atoms with Crippen LogP contribution in [0.25, 0.3) is 0 Å². The van der Waals surface area contributed by atoms with Gasteiger partial charge in [0.25, 0.3) is 0 Å². The fraction of sp³-hybridized carbons (Fsp3) is 0. The summed E-state index contributed by atoms with van der Waals surface area (Å²) in [6.07, 6.45) is 0. The summed E-state index contributed by atoms with van der Waals surface area (Å²) in [4.78, 5) is 0.168. The molecule has 0 atom stereocenters. The van der Waals surface area contributed by atoms with Crippen molar-refractivity contribution in [3.05, 3.63) is 57.8 Å². The van der Waals surface area contributed by atoms with Crippen molar-refractivity contribution in [1.29, 1.82) is 0 Å². The summed E-state index contributed by atoms with van der Waals surface area (Å²) in [5, 5.41) is 0.484. The van der Waals surface area contributed by atoms with Crippen molar-refractivity contribution in [3.63, 3.8) is 0 Å². The van der Waals surface area contributed by atoms with Crippen LogP contribution in [0.15, 0.2) is 36.4 Å². The van der Waals surface area contributed by atoms with E-state index in [0.717, 1.165) is 0 Å². The summed E-state index contributed by atoms with van der Waals surface area (Å²) in [6.45, 7) is 0. The van der Waals surface area contributed by atoms with Crippen LogP contribution in [-0.2, 0) is 0 Å². The third kappa shape index (κ3) is 3.35. The lowest BCUT2D eigenvalue weighted by Crippen LogP contribution is -2.10. The Morgan fingerprint density at radius 2 is 1.89 bits per heavy atom. The number of rotatable bonds is 3. The molecule has 0 bridgehead atoms. The fourth-order valence-corrected chi connectivity index (χ4v) is 1.90. The first-order valence-corrected chi connectivity index (χ1v) is 6.36. The minimum atomic E-state index is -0.571. The maximum Gasteiger partial charge on any atom is 0.145 e. The summed E-state index contributed by atoms with van der Waals surface area (Å²) >= 11 is 16.4. The number of hydrogen-bond acceptors (Lipinski definition) is 2. The first-order valence-electron chi connectivity index (χ1n) is 5.19. The molecule has 19 heavy (non-hydrogen) atoms. The summed E-state index contributed by atoms with van der Waals surface area (Å²) in [6, 6.07) is 8.96. The van der Waals surface area contributed by atoms with Gasteiger partial charge < -0.3 is 10.5 Å². The van der Waals surface area contributed by atoms with E-state index in [-0.39, 0.29) is 15.8 Å². The van der Waals surface area contributed by atoms with Gasteiger partial charge in [-0.2, -0.15) is 0 Å². The molecule has 2 nitrogen and oxygen atoms in total. The molecule has 2 aromatic carbocycles. The Bertz CT molecular complexity index is 649. The Labute approximate surface area is 124 Å². The van der Waals surface area contributed by atoms with E-state index >= 15 is 0 Å². The number of thiocarbonyl (C=S) groups is 1. The minimum Gasteiger partial charge on any atom is -0.456 e. The van der Waals surface area contributed by atoms with E-state index in [1.54, 1.807) is 18.2 Å². The molecule has 2 rings (SSSR count). The van der Waals surface area contributed by atoms with Gasteiger partial charge >= 0.3 is 0 Å². The van der Waals surface area contributed by atoms with Crippen LogP contribution in [-0.4, -0.2) is 4.99 Å². The lowest BCUT2D eigenvalue weighted by Gasteiger charge is -2.11. The average Bonchev–Trinajstić information content (AvgIpc) is 2.33.